The predicted octanol–water partition coefficient (Wildman–Crippen LogP) is 2.68. The standard InChI is InChI=1S/C21H17N3O3/c1-13-10-15-8-5-9-16-18(15)24(13)20(27)22-21(16)11-17(25)23(19(21)26)12-14-6-3-2-4-7-14/h2-10H,11-12H2,1H3,(H,22,27). The van der Waals surface area contributed by atoms with Crippen molar-refractivity contribution in [2.45, 2.75) is 25.4 Å². The Morgan fingerprint density at radius 1 is 1.04 bits per heavy atom. The molecule has 3 amide bonds. The molecule has 1 aromatic heterocycles. The third kappa shape index (κ3) is 2.04. The van der Waals surface area contributed by atoms with Gasteiger partial charge in [-0.1, -0.05) is 48.5 Å². The zero-order valence-electron chi connectivity index (χ0n) is 14.7. The number of hydrogen-bond donors (Lipinski definition) is 1. The molecule has 0 bridgehead atoms. The molecule has 2 aromatic carbocycles. The molecule has 1 fully saturated rings. The summed E-state index contributed by atoms with van der Waals surface area (Å²) >= 11 is 0. The van der Waals surface area contributed by atoms with Crippen LogP contribution >= 0.6 is 0 Å². The first-order valence-electron chi connectivity index (χ1n) is 8.84. The third-order valence-electron chi connectivity index (χ3n) is 5.50. The molecule has 1 spiro atoms. The topological polar surface area (TPSA) is 71.4 Å². The van der Waals surface area contributed by atoms with E-state index in [-0.39, 0.29) is 30.8 Å². The van der Waals surface area contributed by atoms with Crippen molar-refractivity contribution in [3.63, 3.8) is 0 Å². The van der Waals surface area contributed by atoms with Crippen LogP contribution in [0.3, 0.4) is 0 Å². The molecule has 2 aliphatic heterocycles. The Balaban J connectivity index is 1.65. The fourth-order valence-corrected chi connectivity index (χ4v) is 4.28. The number of fused-ring (bicyclic) bond motifs is 1. The molecule has 0 radical (unpaired) electrons. The number of carbonyl (C=O) groups is 3. The normalized spacial score (nSPS) is 21.4. The molecule has 6 nitrogen and oxygen atoms in total. The second-order valence-electron chi connectivity index (χ2n) is 7.15. The first-order valence-corrected chi connectivity index (χ1v) is 8.84. The van der Waals surface area contributed by atoms with Gasteiger partial charge in [-0.05, 0) is 18.6 Å². The number of nitrogens with zero attached hydrogens (tertiary/aromatic N) is 2. The van der Waals surface area contributed by atoms with Gasteiger partial charge in [0, 0.05) is 16.6 Å². The number of nitrogens with one attached hydrogen (secondary N) is 1. The monoisotopic (exact) mass is 359 g/mol. The fourth-order valence-electron chi connectivity index (χ4n) is 4.28. The molecule has 2 aliphatic rings. The third-order valence-corrected chi connectivity index (χ3v) is 5.50. The lowest BCUT2D eigenvalue weighted by Gasteiger charge is -2.33. The zero-order chi connectivity index (χ0) is 18.8. The van der Waals surface area contributed by atoms with Gasteiger partial charge in [0.1, 0.15) is 0 Å². The molecule has 6 heteroatoms. The second-order valence-corrected chi connectivity index (χ2v) is 7.15. The van der Waals surface area contributed by atoms with Crippen LogP contribution in [0.4, 0.5) is 4.79 Å². The summed E-state index contributed by atoms with van der Waals surface area (Å²) < 4.78 is 1.58. The number of aromatic nitrogens is 1. The van der Waals surface area contributed by atoms with E-state index in [0.29, 0.717) is 11.1 Å². The van der Waals surface area contributed by atoms with Crippen LogP contribution in [0.1, 0.15) is 23.2 Å². The number of benzene rings is 2. The SMILES string of the molecule is Cc1cc2cccc3c2n1C(=O)NC31CC(=O)N(Cc2ccccc2)C1=O. The van der Waals surface area contributed by atoms with E-state index in [9.17, 15) is 14.4 Å². The van der Waals surface area contributed by atoms with Crippen LogP contribution in [-0.2, 0) is 21.7 Å². The molecule has 3 aromatic rings. The molecule has 134 valence electrons. The van der Waals surface area contributed by atoms with Gasteiger partial charge in [0.2, 0.25) is 5.91 Å². The number of hydrogen-bond acceptors (Lipinski definition) is 3. The number of amides is 3. The van der Waals surface area contributed by atoms with Gasteiger partial charge >= 0.3 is 6.03 Å². The van der Waals surface area contributed by atoms with Crippen LogP contribution < -0.4 is 5.32 Å². The smallest absolute Gasteiger partial charge is 0.318 e. The molecular formula is C21H17N3O3. The van der Waals surface area contributed by atoms with Gasteiger partial charge in [0.25, 0.3) is 5.91 Å². The number of aryl methyl sites for hydroxylation is 1. The number of carbonyl (C=O) groups excluding carboxylic acids is 3. The zero-order valence-corrected chi connectivity index (χ0v) is 14.7. The molecule has 0 aliphatic carbocycles. The molecule has 27 heavy (non-hydrogen) atoms. The number of para-hydroxylation sites is 1. The van der Waals surface area contributed by atoms with Gasteiger partial charge in [0.05, 0.1) is 18.5 Å². The van der Waals surface area contributed by atoms with Crippen molar-refractivity contribution in [1.29, 1.82) is 0 Å². The quantitative estimate of drug-likeness (QED) is 0.715. The van der Waals surface area contributed by atoms with Crippen LogP contribution in [0.2, 0.25) is 0 Å². The molecule has 1 atom stereocenters. The summed E-state index contributed by atoms with van der Waals surface area (Å²) in [6, 6.07) is 16.5. The Morgan fingerprint density at radius 2 is 1.81 bits per heavy atom. The minimum Gasteiger partial charge on any atom is -0.318 e. The maximum Gasteiger partial charge on any atom is 0.327 e. The summed E-state index contributed by atoms with van der Waals surface area (Å²) in [4.78, 5) is 40.2. The number of rotatable bonds is 2. The summed E-state index contributed by atoms with van der Waals surface area (Å²) in [6.45, 7) is 2.05. The Bertz CT molecular complexity index is 1130. The summed E-state index contributed by atoms with van der Waals surface area (Å²) in [5.41, 5.74) is 1.73. The Morgan fingerprint density at radius 3 is 2.59 bits per heavy atom. The Labute approximate surface area is 155 Å². The lowest BCUT2D eigenvalue weighted by atomic mass is 9.85. The highest BCUT2D eigenvalue weighted by Crippen LogP contribution is 2.42. The maximum atomic E-state index is 13.4. The summed E-state index contributed by atoms with van der Waals surface area (Å²) in [7, 11) is 0. The van der Waals surface area contributed by atoms with Crippen molar-refractivity contribution in [3.8, 4) is 0 Å². The van der Waals surface area contributed by atoms with Crippen molar-refractivity contribution in [2.24, 2.45) is 0 Å². The lowest BCUT2D eigenvalue weighted by Crippen LogP contribution is -2.55. The summed E-state index contributed by atoms with van der Waals surface area (Å²) in [5.74, 6) is -0.653. The molecule has 1 N–H and O–H groups in total. The van der Waals surface area contributed by atoms with Gasteiger partial charge in [-0.2, -0.15) is 0 Å². The van der Waals surface area contributed by atoms with Crippen LogP contribution in [0.25, 0.3) is 10.9 Å². The van der Waals surface area contributed by atoms with Gasteiger partial charge in [0.15, 0.2) is 5.54 Å². The molecule has 3 heterocycles. The van der Waals surface area contributed by atoms with Gasteiger partial charge in [-0.3, -0.25) is 19.1 Å². The van der Waals surface area contributed by atoms with E-state index in [4.69, 9.17) is 0 Å². The van der Waals surface area contributed by atoms with E-state index < -0.39 is 5.54 Å². The van der Waals surface area contributed by atoms with E-state index in [1.54, 1.807) is 4.57 Å². The average molecular weight is 359 g/mol. The Kier molecular flexibility index (Phi) is 3.10. The van der Waals surface area contributed by atoms with Crippen LogP contribution in [0.5, 0.6) is 0 Å². The molecule has 1 unspecified atom stereocenters. The maximum absolute atomic E-state index is 13.4. The van der Waals surface area contributed by atoms with E-state index in [2.05, 4.69) is 5.32 Å². The van der Waals surface area contributed by atoms with Crippen molar-refractivity contribution in [2.75, 3.05) is 0 Å². The van der Waals surface area contributed by atoms with Crippen LogP contribution in [0, 0.1) is 6.92 Å². The van der Waals surface area contributed by atoms with Crippen molar-refractivity contribution >= 4 is 28.7 Å². The summed E-state index contributed by atoms with van der Waals surface area (Å²) in [6.07, 6.45) is -0.0618. The summed E-state index contributed by atoms with van der Waals surface area (Å²) in [5, 5.41) is 3.73. The van der Waals surface area contributed by atoms with Gasteiger partial charge in [-0.15, -0.1) is 0 Å². The average Bonchev–Trinajstić information content (AvgIpc) is 3.11. The minimum absolute atomic E-state index is 0.0618. The molecule has 0 saturated carbocycles. The van der Waals surface area contributed by atoms with Crippen molar-refractivity contribution < 1.29 is 14.4 Å². The first kappa shape index (κ1) is 15.8. The van der Waals surface area contributed by atoms with Gasteiger partial charge in [-0.25, -0.2) is 4.79 Å². The fraction of sp³-hybridized carbons (Fsp3) is 0.190. The molecule has 1 saturated heterocycles. The molecular weight excluding hydrogens is 342 g/mol. The first-order chi connectivity index (χ1) is 13.0. The van der Waals surface area contributed by atoms with E-state index in [1.807, 2.05) is 61.5 Å². The highest BCUT2D eigenvalue weighted by atomic mass is 16.2. The minimum atomic E-state index is -1.33. The van der Waals surface area contributed by atoms with Crippen molar-refractivity contribution in [3.05, 3.63) is 71.4 Å². The van der Waals surface area contributed by atoms with E-state index in [1.165, 1.54) is 4.90 Å². The highest BCUT2D eigenvalue weighted by Gasteiger charge is 2.56. The van der Waals surface area contributed by atoms with E-state index in [0.717, 1.165) is 16.6 Å². The van der Waals surface area contributed by atoms with Gasteiger partial charge < -0.3 is 5.32 Å². The van der Waals surface area contributed by atoms with Crippen LogP contribution in [-0.4, -0.2) is 27.3 Å². The number of likely N-dealkylation sites (tertiary alicyclic amines) is 1. The lowest BCUT2D eigenvalue weighted by molar-refractivity contribution is -0.140. The number of imide groups is 1. The highest BCUT2D eigenvalue weighted by molar-refractivity contribution is 6.14. The second kappa shape index (κ2) is 5.30. The van der Waals surface area contributed by atoms with E-state index >= 15 is 0 Å². The Hall–Kier alpha value is -3.41. The largest absolute Gasteiger partial charge is 0.327 e. The van der Waals surface area contributed by atoms with Crippen LogP contribution in [0.15, 0.2) is 54.6 Å². The molecule has 5 rings (SSSR count). The van der Waals surface area contributed by atoms with Crippen molar-refractivity contribution in [1.82, 2.24) is 14.8 Å². The predicted molar refractivity (Wildman–Crippen MR) is 98.9 cm³/mol.